The maximum Gasteiger partial charge on any atom is 0.323 e. The van der Waals surface area contributed by atoms with E-state index in [0.717, 1.165) is 60.4 Å². The summed E-state index contributed by atoms with van der Waals surface area (Å²) in [5.41, 5.74) is 4.39. The molecule has 9 heteroatoms. The fourth-order valence-corrected chi connectivity index (χ4v) is 4.56. The van der Waals surface area contributed by atoms with Crippen molar-refractivity contribution in [2.45, 2.75) is 13.5 Å². The Labute approximate surface area is 214 Å². The summed E-state index contributed by atoms with van der Waals surface area (Å²) in [7, 11) is 0. The van der Waals surface area contributed by atoms with Gasteiger partial charge >= 0.3 is 6.03 Å². The van der Waals surface area contributed by atoms with Crippen LogP contribution in [0.15, 0.2) is 72.9 Å². The highest BCUT2D eigenvalue weighted by atomic mass is 16.6. The second kappa shape index (κ2) is 10.7. The van der Waals surface area contributed by atoms with Crippen molar-refractivity contribution >= 4 is 33.9 Å². The highest BCUT2D eigenvalue weighted by Gasteiger charge is 2.16. The van der Waals surface area contributed by atoms with Crippen LogP contribution in [0.5, 0.6) is 0 Å². The van der Waals surface area contributed by atoms with Crippen molar-refractivity contribution in [2.24, 2.45) is 0 Å². The van der Waals surface area contributed by atoms with Gasteiger partial charge in [0.2, 0.25) is 0 Å². The number of ether oxygens (including phenoxy) is 1. The van der Waals surface area contributed by atoms with Crippen molar-refractivity contribution in [3.63, 3.8) is 0 Å². The van der Waals surface area contributed by atoms with Crippen LogP contribution in [-0.2, 0) is 11.3 Å². The SMILES string of the molecule is Cc1c(NC(=O)Nc2ccc(-c3ccc(CN4CCOCC4)nc3)c3ccccc23)cccc1[N+](=O)[O-]. The van der Waals surface area contributed by atoms with E-state index < -0.39 is 11.0 Å². The molecule has 188 valence electrons. The number of rotatable bonds is 6. The summed E-state index contributed by atoms with van der Waals surface area (Å²) in [6.07, 6.45) is 1.89. The first-order valence-electron chi connectivity index (χ1n) is 12.1. The van der Waals surface area contributed by atoms with Crippen LogP contribution in [0.25, 0.3) is 21.9 Å². The van der Waals surface area contributed by atoms with Crippen molar-refractivity contribution in [1.29, 1.82) is 0 Å². The number of hydrogen-bond acceptors (Lipinski definition) is 6. The molecule has 0 bridgehead atoms. The van der Waals surface area contributed by atoms with Crippen molar-refractivity contribution < 1.29 is 14.5 Å². The average Bonchev–Trinajstić information content (AvgIpc) is 2.91. The molecule has 0 unspecified atom stereocenters. The molecule has 0 radical (unpaired) electrons. The molecule has 1 aromatic heterocycles. The summed E-state index contributed by atoms with van der Waals surface area (Å²) >= 11 is 0. The third-order valence-electron chi connectivity index (χ3n) is 6.55. The summed E-state index contributed by atoms with van der Waals surface area (Å²) in [6, 6.07) is 19.9. The van der Waals surface area contributed by atoms with Crippen molar-refractivity contribution in [3.8, 4) is 11.1 Å². The minimum Gasteiger partial charge on any atom is -0.379 e. The minimum atomic E-state index is -0.476. The summed E-state index contributed by atoms with van der Waals surface area (Å²) in [6.45, 7) is 5.75. The van der Waals surface area contributed by atoms with Gasteiger partial charge in [0, 0.05) is 42.8 Å². The van der Waals surface area contributed by atoms with Gasteiger partial charge in [0.1, 0.15) is 0 Å². The molecule has 2 N–H and O–H groups in total. The van der Waals surface area contributed by atoms with Crippen LogP contribution in [0.3, 0.4) is 0 Å². The van der Waals surface area contributed by atoms with Crippen molar-refractivity contribution in [1.82, 2.24) is 9.88 Å². The number of nitrogens with one attached hydrogen (secondary N) is 2. The average molecular weight is 498 g/mol. The van der Waals surface area contributed by atoms with Crippen LogP contribution in [0.2, 0.25) is 0 Å². The lowest BCUT2D eigenvalue weighted by Crippen LogP contribution is -2.35. The van der Waals surface area contributed by atoms with Crippen LogP contribution in [0.4, 0.5) is 21.9 Å². The Bertz CT molecular complexity index is 1450. The van der Waals surface area contributed by atoms with Gasteiger partial charge in [-0.1, -0.05) is 42.5 Å². The number of nitrogens with zero attached hydrogens (tertiary/aromatic N) is 3. The number of aromatic nitrogens is 1. The number of nitro benzene ring substituents is 1. The Balaban J connectivity index is 1.36. The molecule has 1 aliphatic rings. The van der Waals surface area contributed by atoms with Gasteiger partial charge in [-0.3, -0.25) is 20.0 Å². The lowest BCUT2D eigenvalue weighted by Gasteiger charge is -2.26. The molecule has 4 aromatic rings. The molecule has 0 aliphatic carbocycles. The first kappa shape index (κ1) is 24.4. The van der Waals surface area contributed by atoms with Crippen LogP contribution in [-0.4, -0.2) is 47.1 Å². The number of benzene rings is 3. The largest absolute Gasteiger partial charge is 0.379 e. The van der Waals surface area contributed by atoms with E-state index in [1.807, 2.05) is 42.6 Å². The van der Waals surface area contributed by atoms with Crippen LogP contribution < -0.4 is 10.6 Å². The molecule has 1 fully saturated rings. The first-order chi connectivity index (χ1) is 18.0. The first-order valence-corrected chi connectivity index (χ1v) is 12.1. The summed E-state index contributed by atoms with van der Waals surface area (Å²) < 4.78 is 5.42. The number of carbonyl (C=O) groups excluding carboxylic acids is 1. The summed E-state index contributed by atoms with van der Waals surface area (Å²) in [5, 5.41) is 18.7. The fraction of sp³-hybridized carbons (Fsp3) is 0.214. The third kappa shape index (κ3) is 5.42. The molecule has 3 aromatic carbocycles. The van der Waals surface area contributed by atoms with E-state index in [1.165, 1.54) is 6.07 Å². The minimum absolute atomic E-state index is 0.0443. The number of morpholine rings is 1. The van der Waals surface area contributed by atoms with E-state index in [-0.39, 0.29) is 5.69 Å². The van der Waals surface area contributed by atoms with E-state index in [4.69, 9.17) is 9.72 Å². The van der Waals surface area contributed by atoms with Gasteiger partial charge in [-0.15, -0.1) is 0 Å². The Hall–Kier alpha value is -4.34. The molecule has 0 saturated carbocycles. The van der Waals surface area contributed by atoms with Gasteiger partial charge in [-0.2, -0.15) is 0 Å². The zero-order valence-corrected chi connectivity index (χ0v) is 20.4. The Kier molecular flexibility index (Phi) is 7.07. The van der Waals surface area contributed by atoms with Gasteiger partial charge < -0.3 is 15.4 Å². The maximum atomic E-state index is 12.8. The molecule has 9 nitrogen and oxygen atoms in total. The molecular formula is C28H27N5O4. The standard InChI is InChI=1S/C28H27N5O4/c1-19-25(7-4-8-27(19)33(35)36)30-28(34)31-26-12-11-22(23-5-2-3-6-24(23)26)20-9-10-21(29-17-20)18-32-13-15-37-16-14-32/h2-12,17H,13-16,18H2,1H3,(H2,30,31,34). The number of pyridine rings is 1. The molecule has 0 spiro atoms. The third-order valence-corrected chi connectivity index (χ3v) is 6.55. The Morgan fingerprint density at radius 1 is 0.973 bits per heavy atom. The lowest BCUT2D eigenvalue weighted by atomic mass is 9.98. The number of fused-ring (bicyclic) bond motifs is 1. The Morgan fingerprint density at radius 3 is 2.46 bits per heavy atom. The van der Waals surface area contributed by atoms with E-state index in [0.29, 0.717) is 16.9 Å². The van der Waals surface area contributed by atoms with Gasteiger partial charge in [-0.25, -0.2) is 4.79 Å². The van der Waals surface area contributed by atoms with E-state index >= 15 is 0 Å². The summed E-state index contributed by atoms with van der Waals surface area (Å²) in [4.78, 5) is 30.6. The second-order valence-corrected chi connectivity index (χ2v) is 8.92. The normalized spacial score (nSPS) is 13.9. The zero-order chi connectivity index (χ0) is 25.8. The predicted molar refractivity (Wildman–Crippen MR) is 144 cm³/mol. The van der Waals surface area contributed by atoms with Crippen molar-refractivity contribution in [2.75, 3.05) is 36.9 Å². The highest BCUT2D eigenvalue weighted by molar-refractivity contribution is 6.09. The van der Waals surface area contributed by atoms with Crippen LogP contribution in [0, 0.1) is 17.0 Å². The molecular weight excluding hydrogens is 470 g/mol. The maximum absolute atomic E-state index is 12.8. The van der Waals surface area contributed by atoms with E-state index in [9.17, 15) is 14.9 Å². The molecule has 2 amide bonds. The highest BCUT2D eigenvalue weighted by Crippen LogP contribution is 2.33. The van der Waals surface area contributed by atoms with Crippen molar-refractivity contribution in [3.05, 3.63) is 94.3 Å². The molecule has 1 aliphatic heterocycles. The van der Waals surface area contributed by atoms with Crippen LogP contribution in [0.1, 0.15) is 11.3 Å². The molecule has 37 heavy (non-hydrogen) atoms. The van der Waals surface area contributed by atoms with E-state index in [1.54, 1.807) is 19.1 Å². The van der Waals surface area contributed by atoms with Gasteiger partial charge in [0.05, 0.1) is 40.8 Å². The molecule has 0 atom stereocenters. The number of urea groups is 1. The second-order valence-electron chi connectivity index (χ2n) is 8.92. The van der Waals surface area contributed by atoms with Gasteiger partial charge in [0.25, 0.3) is 5.69 Å². The van der Waals surface area contributed by atoms with E-state index in [2.05, 4.69) is 27.7 Å². The molecule has 5 rings (SSSR count). The smallest absolute Gasteiger partial charge is 0.323 e. The number of hydrogen-bond donors (Lipinski definition) is 2. The molecule has 2 heterocycles. The number of amides is 2. The van der Waals surface area contributed by atoms with Crippen LogP contribution >= 0.6 is 0 Å². The monoisotopic (exact) mass is 497 g/mol. The lowest BCUT2D eigenvalue weighted by molar-refractivity contribution is -0.385. The number of anilines is 2. The quantitative estimate of drug-likeness (QED) is 0.265. The van der Waals surface area contributed by atoms with Gasteiger partial charge in [-0.05, 0) is 36.1 Å². The molecule has 1 saturated heterocycles. The predicted octanol–water partition coefficient (Wildman–Crippen LogP) is 5.59. The summed E-state index contributed by atoms with van der Waals surface area (Å²) in [5.74, 6) is 0. The fourth-order valence-electron chi connectivity index (χ4n) is 4.56. The zero-order valence-electron chi connectivity index (χ0n) is 20.4. The number of nitro groups is 1. The topological polar surface area (TPSA) is 110 Å². The Morgan fingerprint density at radius 2 is 1.73 bits per heavy atom. The number of carbonyl (C=O) groups is 1. The van der Waals surface area contributed by atoms with Gasteiger partial charge in [0.15, 0.2) is 0 Å².